The van der Waals surface area contributed by atoms with Crippen molar-refractivity contribution in [3.05, 3.63) is 0 Å². The summed E-state index contributed by atoms with van der Waals surface area (Å²) in [5.41, 5.74) is 0. The Hall–Kier alpha value is 1.50. The fourth-order valence-corrected chi connectivity index (χ4v) is 2.45. The molecule has 0 aromatic rings. The predicted octanol–water partition coefficient (Wildman–Crippen LogP) is 5.25. The third kappa shape index (κ3) is 74.7. The van der Waals surface area contributed by atoms with Crippen LogP contribution in [0.15, 0.2) is 0 Å². The number of hydrogen-bond acceptors (Lipinski definition) is 2. The van der Waals surface area contributed by atoms with Crippen LogP contribution in [0.1, 0.15) is 41.5 Å². The van der Waals surface area contributed by atoms with Gasteiger partial charge < -0.3 is 9.05 Å². The lowest BCUT2D eigenvalue weighted by molar-refractivity contribution is 0.0437. The molecule has 0 spiro atoms. The molecule has 8 heteroatoms. The largest absolute Gasteiger partial charge is 0.356 e. The average Bonchev–Trinajstić information content (AvgIpc) is 2.00. The Morgan fingerprint density at radius 3 is 1.06 bits per heavy atom. The van der Waals surface area contributed by atoms with E-state index in [0.29, 0.717) is 29.2 Å². The van der Waals surface area contributed by atoms with E-state index in [1.54, 1.807) is 0 Å². The molecule has 0 rings (SSSR count). The van der Waals surface area contributed by atoms with Crippen molar-refractivity contribution in [1.29, 1.82) is 0 Å². The number of rotatable bonds is 4. The molecule has 0 radical (unpaired) electrons. The average molecular weight is 328 g/mol. The van der Waals surface area contributed by atoms with Gasteiger partial charge in [0.05, 0.1) is 12.2 Å². The van der Waals surface area contributed by atoms with E-state index in [0.717, 1.165) is 13.8 Å². The smallest absolute Gasteiger partial charge is 0.242 e. The second-order valence-electron chi connectivity index (χ2n) is 3.90. The summed E-state index contributed by atoms with van der Waals surface area (Å²) in [6.07, 6.45) is 0.779. The summed E-state index contributed by atoms with van der Waals surface area (Å²) in [6, 6.07) is 0. The summed E-state index contributed by atoms with van der Waals surface area (Å²) < 4.78 is 32.1. The van der Waals surface area contributed by atoms with Crippen molar-refractivity contribution in [2.24, 2.45) is 0 Å². The molecule has 0 aliphatic rings. The van der Waals surface area contributed by atoms with Crippen LogP contribution in [-0.2, 0) is 9.05 Å². The molecule has 0 N–H and O–H groups in total. The monoisotopic (exact) mass is 328 g/mol. The zero-order chi connectivity index (χ0) is 14.5. The first kappa shape index (κ1) is 23.6. The first-order valence-electron chi connectivity index (χ1n) is 5.14. The highest BCUT2D eigenvalue weighted by atomic mass is 32.0. The standard InChI is InChI=1S/C3H6F2.2C3H10OP2/c1-3(2,4)5;2*1-3(2)4-6-5/h1-2H3;2*3,6H,5H2,1-2H3. The zero-order valence-corrected chi connectivity index (χ0v) is 15.7. The van der Waals surface area contributed by atoms with Gasteiger partial charge in [-0.25, -0.2) is 8.78 Å². The molecule has 108 valence electrons. The second-order valence-corrected chi connectivity index (χ2v) is 6.25. The Bertz CT molecular complexity index is 127. The molecule has 17 heavy (non-hydrogen) atoms. The number of alkyl halides is 2. The topological polar surface area (TPSA) is 18.5 Å². The molecule has 0 bridgehead atoms. The molecule has 0 saturated carbocycles. The summed E-state index contributed by atoms with van der Waals surface area (Å²) in [5, 5.41) is 0. The Labute approximate surface area is 113 Å². The Balaban J connectivity index is -0.000000174. The molecular formula is C9H26F2O2P4. The number of hydrogen-bond donors (Lipinski definition) is 0. The van der Waals surface area contributed by atoms with Crippen molar-refractivity contribution in [3.63, 3.8) is 0 Å². The quantitative estimate of drug-likeness (QED) is 0.656. The van der Waals surface area contributed by atoms with E-state index in [9.17, 15) is 8.78 Å². The molecule has 0 fully saturated rings. The van der Waals surface area contributed by atoms with E-state index >= 15 is 0 Å². The molecule has 0 aliphatic heterocycles. The molecule has 0 heterocycles. The normalized spacial score (nSPS) is 12.0. The van der Waals surface area contributed by atoms with Crippen LogP contribution in [0.25, 0.3) is 0 Å². The minimum absolute atomic E-state index is 0.390. The van der Waals surface area contributed by atoms with Gasteiger partial charge >= 0.3 is 0 Å². The van der Waals surface area contributed by atoms with Crippen LogP contribution < -0.4 is 0 Å². The first-order chi connectivity index (χ1) is 7.54. The van der Waals surface area contributed by atoms with E-state index in [1.165, 1.54) is 0 Å². The first-order valence-corrected chi connectivity index (χ1v) is 10.6. The lowest BCUT2D eigenvalue weighted by Gasteiger charge is -1.99. The minimum atomic E-state index is -2.50. The summed E-state index contributed by atoms with van der Waals surface area (Å²) >= 11 is 0. The second kappa shape index (κ2) is 15.6. The van der Waals surface area contributed by atoms with Crippen LogP contribution in [0.3, 0.4) is 0 Å². The van der Waals surface area contributed by atoms with Gasteiger partial charge in [0.1, 0.15) is 0 Å². The Morgan fingerprint density at radius 2 is 1.06 bits per heavy atom. The molecule has 0 aromatic heterocycles. The van der Waals surface area contributed by atoms with E-state index < -0.39 is 5.92 Å². The van der Waals surface area contributed by atoms with Crippen molar-refractivity contribution in [2.45, 2.75) is 59.7 Å². The van der Waals surface area contributed by atoms with Crippen molar-refractivity contribution >= 4 is 34.8 Å². The highest BCUT2D eigenvalue weighted by molar-refractivity contribution is 8.00. The molecule has 0 aromatic carbocycles. The lowest BCUT2D eigenvalue weighted by atomic mass is 10.5. The molecule has 4 atom stereocenters. The molecular weight excluding hydrogens is 302 g/mol. The van der Waals surface area contributed by atoms with Gasteiger partial charge in [-0.3, -0.25) is 0 Å². The zero-order valence-electron chi connectivity index (χ0n) is 11.4. The highest BCUT2D eigenvalue weighted by Crippen LogP contribution is 2.23. The van der Waals surface area contributed by atoms with E-state index in [2.05, 4.69) is 17.9 Å². The van der Waals surface area contributed by atoms with Gasteiger partial charge in [-0.1, -0.05) is 17.9 Å². The SMILES string of the molecule is CC(C)(F)F.CC(C)OPP.CC(C)OPP. The van der Waals surface area contributed by atoms with Gasteiger partial charge in [0.15, 0.2) is 0 Å². The predicted molar refractivity (Wildman–Crippen MR) is 84.8 cm³/mol. The third-order valence-electron chi connectivity index (χ3n) is 0.607. The van der Waals surface area contributed by atoms with Crippen molar-refractivity contribution in [3.8, 4) is 0 Å². The van der Waals surface area contributed by atoms with Crippen LogP contribution in [0.2, 0.25) is 0 Å². The van der Waals surface area contributed by atoms with Gasteiger partial charge in [-0.05, 0) is 41.5 Å². The summed E-state index contributed by atoms with van der Waals surface area (Å²) in [7, 11) is 6.17. The van der Waals surface area contributed by atoms with Crippen LogP contribution in [-0.4, -0.2) is 18.1 Å². The minimum Gasteiger partial charge on any atom is -0.356 e. The maximum atomic E-state index is 11.0. The fraction of sp³-hybridized carbons (Fsp3) is 1.00. The van der Waals surface area contributed by atoms with Gasteiger partial charge in [0.2, 0.25) is 5.92 Å². The van der Waals surface area contributed by atoms with Crippen molar-refractivity contribution in [2.75, 3.05) is 0 Å². The maximum absolute atomic E-state index is 11.0. The van der Waals surface area contributed by atoms with Crippen LogP contribution in [0.5, 0.6) is 0 Å². The summed E-state index contributed by atoms with van der Waals surface area (Å²) in [4.78, 5) is 0. The lowest BCUT2D eigenvalue weighted by Crippen LogP contribution is -1.98. The van der Waals surface area contributed by atoms with Crippen LogP contribution >= 0.6 is 34.8 Å². The molecule has 0 aliphatic carbocycles. The van der Waals surface area contributed by atoms with Crippen molar-refractivity contribution < 1.29 is 17.8 Å². The van der Waals surface area contributed by atoms with Gasteiger partial charge in [0.25, 0.3) is 0 Å². The van der Waals surface area contributed by atoms with Gasteiger partial charge in [-0.2, -0.15) is 0 Å². The molecule has 0 amide bonds. The number of halogens is 2. The van der Waals surface area contributed by atoms with Crippen LogP contribution in [0.4, 0.5) is 8.78 Å². The summed E-state index contributed by atoms with van der Waals surface area (Å²) in [6.45, 7) is 9.81. The van der Waals surface area contributed by atoms with Crippen molar-refractivity contribution in [1.82, 2.24) is 0 Å². The Morgan fingerprint density at radius 1 is 0.882 bits per heavy atom. The molecule has 0 saturated heterocycles. The van der Waals surface area contributed by atoms with E-state index in [-0.39, 0.29) is 0 Å². The summed E-state index contributed by atoms with van der Waals surface area (Å²) in [5.74, 6) is -2.50. The maximum Gasteiger partial charge on any atom is 0.242 e. The van der Waals surface area contributed by atoms with E-state index in [1.807, 2.05) is 27.7 Å². The van der Waals surface area contributed by atoms with E-state index in [4.69, 9.17) is 9.05 Å². The highest BCUT2D eigenvalue weighted by Gasteiger charge is 2.08. The Kier molecular flexibility index (Phi) is 21.6. The van der Waals surface area contributed by atoms with Gasteiger partial charge in [0, 0.05) is 17.0 Å². The molecule has 4 unspecified atom stereocenters. The fourth-order valence-electron chi connectivity index (χ4n) is 0.272. The molecule has 2 nitrogen and oxygen atoms in total. The van der Waals surface area contributed by atoms with Gasteiger partial charge in [-0.15, -0.1) is 0 Å². The third-order valence-corrected chi connectivity index (χ3v) is 2.64. The van der Waals surface area contributed by atoms with Crippen LogP contribution in [0, 0.1) is 0 Å².